The maximum absolute atomic E-state index is 13.3. The summed E-state index contributed by atoms with van der Waals surface area (Å²) in [5.41, 5.74) is 2.06. The highest BCUT2D eigenvalue weighted by Gasteiger charge is 2.28. The van der Waals surface area contributed by atoms with E-state index in [-0.39, 0.29) is 11.7 Å². The highest BCUT2D eigenvalue weighted by molar-refractivity contribution is 6.04. The summed E-state index contributed by atoms with van der Waals surface area (Å²) in [5.74, 6) is 0.0946. The Bertz CT molecular complexity index is 776. The number of amides is 1. The molecule has 0 spiro atoms. The smallest absolute Gasteiger partial charge is 0.264 e. The molecular formula is C18H17FN2O3. The Balaban J connectivity index is 1.58. The normalized spacial score (nSPS) is 16.2. The average molecular weight is 328 g/mol. The molecule has 5 nitrogen and oxygen atoms in total. The van der Waals surface area contributed by atoms with Gasteiger partial charge in [0.1, 0.15) is 11.6 Å². The van der Waals surface area contributed by atoms with Crippen molar-refractivity contribution >= 4 is 11.6 Å². The van der Waals surface area contributed by atoms with Crippen LogP contribution in [0.2, 0.25) is 0 Å². The van der Waals surface area contributed by atoms with Crippen molar-refractivity contribution in [2.75, 3.05) is 7.11 Å². The summed E-state index contributed by atoms with van der Waals surface area (Å²) in [5, 5.41) is 6.71. The fraction of sp³-hybridized carbons (Fsp3) is 0.222. The standard InChI is InChI=1S/C18H17FN2O3/c1-23-16-8-3-2-5-13(16)11-20-18(22)17-10-15(21-24-17)12-6-4-7-14(19)9-12/h2-9,17H,10-11H2,1H3,(H,20,22). The van der Waals surface area contributed by atoms with E-state index in [0.717, 1.165) is 5.56 Å². The monoisotopic (exact) mass is 328 g/mol. The molecule has 0 radical (unpaired) electrons. The summed E-state index contributed by atoms with van der Waals surface area (Å²) in [6.45, 7) is 0.331. The lowest BCUT2D eigenvalue weighted by Gasteiger charge is -2.11. The molecule has 2 aromatic carbocycles. The molecule has 0 saturated heterocycles. The fourth-order valence-electron chi connectivity index (χ4n) is 2.50. The zero-order valence-electron chi connectivity index (χ0n) is 13.2. The maximum atomic E-state index is 13.3. The molecule has 0 bridgehead atoms. The molecule has 6 heteroatoms. The summed E-state index contributed by atoms with van der Waals surface area (Å²) in [6.07, 6.45) is -0.403. The van der Waals surface area contributed by atoms with E-state index in [0.29, 0.717) is 30.0 Å². The fourth-order valence-corrected chi connectivity index (χ4v) is 2.50. The maximum Gasteiger partial charge on any atom is 0.264 e. The molecule has 2 aromatic rings. The van der Waals surface area contributed by atoms with Crippen molar-refractivity contribution in [3.8, 4) is 5.75 Å². The second kappa shape index (κ2) is 7.12. The van der Waals surface area contributed by atoms with Gasteiger partial charge in [-0.15, -0.1) is 0 Å². The number of benzene rings is 2. The van der Waals surface area contributed by atoms with Crippen LogP contribution in [0.3, 0.4) is 0 Å². The van der Waals surface area contributed by atoms with Gasteiger partial charge in [-0.3, -0.25) is 4.79 Å². The molecule has 1 aliphatic heterocycles. The number of halogens is 1. The van der Waals surface area contributed by atoms with Crippen LogP contribution in [0, 0.1) is 5.82 Å². The highest BCUT2D eigenvalue weighted by Crippen LogP contribution is 2.19. The van der Waals surface area contributed by atoms with Gasteiger partial charge < -0.3 is 14.9 Å². The SMILES string of the molecule is COc1ccccc1CNC(=O)C1CC(c2cccc(F)c2)=NO1. The predicted molar refractivity (Wildman–Crippen MR) is 87.3 cm³/mol. The van der Waals surface area contributed by atoms with Crippen molar-refractivity contribution < 1.29 is 18.8 Å². The third-order valence-corrected chi connectivity index (χ3v) is 3.76. The summed E-state index contributed by atoms with van der Waals surface area (Å²) in [6, 6.07) is 13.5. The zero-order chi connectivity index (χ0) is 16.9. The molecule has 1 unspecified atom stereocenters. The lowest BCUT2D eigenvalue weighted by molar-refractivity contribution is -0.131. The second-order valence-corrected chi connectivity index (χ2v) is 5.38. The molecule has 1 N–H and O–H groups in total. The number of nitrogens with one attached hydrogen (secondary N) is 1. The molecule has 1 heterocycles. The van der Waals surface area contributed by atoms with Crippen molar-refractivity contribution in [1.82, 2.24) is 5.32 Å². The number of hydrogen-bond acceptors (Lipinski definition) is 4. The van der Waals surface area contributed by atoms with Crippen LogP contribution < -0.4 is 10.1 Å². The number of hydrogen-bond donors (Lipinski definition) is 1. The molecule has 1 aliphatic rings. The van der Waals surface area contributed by atoms with E-state index in [1.54, 1.807) is 19.2 Å². The van der Waals surface area contributed by atoms with Crippen LogP contribution in [-0.4, -0.2) is 24.8 Å². The van der Waals surface area contributed by atoms with Gasteiger partial charge in [0.2, 0.25) is 6.10 Å². The number of nitrogens with zero attached hydrogens (tertiary/aromatic N) is 1. The Morgan fingerprint density at radius 2 is 2.17 bits per heavy atom. The Hall–Kier alpha value is -2.89. The molecule has 0 aromatic heterocycles. The molecule has 3 rings (SSSR count). The van der Waals surface area contributed by atoms with E-state index in [1.807, 2.05) is 24.3 Å². The van der Waals surface area contributed by atoms with Crippen molar-refractivity contribution in [3.63, 3.8) is 0 Å². The molecule has 0 saturated carbocycles. The molecule has 24 heavy (non-hydrogen) atoms. The Kier molecular flexibility index (Phi) is 4.74. The van der Waals surface area contributed by atoms with Gasteiger partial charge in [0.15, 0.2) is 0 Å². The van der Waals surface area contributed by atoms with Crippen LogP contribution in [0.15, 0.2) is 53.7 Å². The van der Waals surface area contributed by atoms with Crippen molar-refractivity contribution in [2.24, 2.45) is 5.16 Å². The number of rotatable bonds is 5. The van der Waals surface area contributed by atoms with Crippen LogP contribution >= 0.6 is 0 Å². The van der Waals surface area contributed by atoms with Crippen LogP contribution in [0.5, 0.6) is 5.75 Å². The zero-order valence-corrected chi connectivity index (χ0v) is 13.2. The first-order chi connectivity index (χ1) is 11.7. The minimum atomic E-state index is -0.710. The first-order valence-corrected chi connectivity index (χ1v) is 7.55. The Morgan fingerprint density at radius 3 is 2.96 bits per heavy atom. The minimum absolute atomic E-state index is 0.268. The first-order valence-electron chi connectivity index (χ1n) is 7.55. The lowest BCUT2D eigenvalue weighted by atomic mass is 10.0. The van der Waals surface area contributed by atoms with Crippen molar-refractivity contribution in [3.05, 3.63) is 65.5 Å². The van der Waals surface area contributed by atoms with E-state index in [2.05, 4.69) is 10.5 Å². The number of ether oxygens (including phenoxy) is 1. The van der Waals surface area contributed by atoms with E-state index < -0.39 is 6.10 Å². The van der Waals surface area contributed by atoms with Gasteiger partial charge in [-0.05, 0) is 18.2 Å². The van der Waals surface area contributed by atoms with Crippen molar-refractivity contribution in [1.29, 1.82) is 0 Å². The Morgan fingerprint density at radius 1 is 1.33 bits per heavy atom. The van der Waals surface area contributed by atoms with E-state index >= 15 is 0 Å². The minimum Gasteiger partial charge on any atom is -0.496 e. The van der Waals surface area contributed by atoms with Gasteiger partial charge in [-0.2, -0.15) is 0 Å². The molecule has 1 amide bonds. The van der Waals surface area contributed by atoms with E-state index in [9.17, 15) is 9.18 Å². The molecular weight excluding hydrogens is 311 g/mol. The van der Waals surface area contributed by atoms with Crippen LogP contribution in [0.4, 0.5) is 4.39 Å². The number of carbonyl (C=O) groups excluding carboxylic acids is 1. The molecule has 0 aliphatic carbocycles. The molecule has 1 atom stereocenters. The number of para-hydroxylation sites is 1. The second-order valence-electron chi connectivity index (χ2n) is 5.38. The summed E-state index contributed by atoms with van der Waals surface area (Å²) in [7, 11) is 1.58. The molecule has 0 fully saturated rings. The average Bonchev–Trinajstić information content (AvgIpc) is 3.10. The largest absolute Gasteiger partial charge is 0.496 e. The van der Waals surface area contributed by atoms with Crippen LogP contribution in [0.25, 0.3) is 0 Å². The summed E-state index contributed by atoms with van der Waals surface area (Å²) >= 11 is 0. The van der Waals surface area contributed by atoms with E-state index in [4.69, 9.17) is 9.57 Å². The predicted octanol–water partition coefficient (Wildman–Crippen LogP) is 2.64. The number of methoxy groups -OCH3 is 1. The topological polar surface area (TPSA) is 59.9 Å². The van der Waals surface area contributed by atoms with Gasteiger partial charge >= 0.3 is 0 Å². The van der Waals surface area contributed by atoms with Crippen LogP contribution in [-0.2, 0) is 16.2 Å². The van der Waals surface area contributed by atoms with Gasteiger partial charge in [0.25, 0.3) is 5.91 Å². The van der Waals surface area contributed by atoms with Crippen LogP contribution in [0.1, 0.15) is 17.5 Å². The lowest BCUT2D eigenvalue weighted by Crippen LogP contribution is -2.34. The third-order valence-electron chi connectivity index (χ3n) is 3.76. The number of oxime groups is 1. The van der Waals surface area contributed by atoms with Crippen molar-refractivity contribution in [2.45, 2.75) is 19.1 Å². The Labute approximate surface area is 139 Å². The first kappa shape index (κ1) is 16.0. The number of carbonyl (C=O) groups is 1. The summed E-state index contributed by atoms with van der Waals surface area (Å²) < 4.78 is 18.5. The van der Waals surface area contributed by atoms with E-state index in [1.165, 1.54) is 12.1 Å². The third kappa shape index (κ3) is 3.53. The molecule has 124 valence electrons. The van der Waals surface area contributed by atoms with Gasteiger partial charge in [0, 0.05) is 24.1 Å². The van der Waals surface area contributed by atoms with Gasteiger partial charge in [-0.25, -0.2) is 4.39 Å². The van der Waals surface area contributed by atoms with Gasteiger partial charge in [-0.1, -0.05) is 35.5 Å². The van der Waals surface area contributed by atoms with Gasteiger partial charge in [0.05, 0.1) is 12.8 Å². The highest BCUT2D eigenvalue weighted by atomic mass is 19.1. The summed E-state index contributed by atoms with van der Waals surface area (Å²) in [4.78, 5) is 17.4. The quantitative estimate of drug-likeness (QED) is 0.918.